The van der Waals surface area contributed by atoms with Crippen molar-refractivity contribution in [3.05, 3.63) is 16.4 Å². The van der Waals surface area contributed by atoms with Crippen LogP contribution in [0.25, 0.3) is 4.96 Å². The number of rotatable bonds is 3. The van der Waals surface area contributed by atoms with Crippen LogP contribution in [-0.2, 0) is 12.8 Å². The Morgan fingerprint density at radius 1 is 1.44 bits per heavy atom. The fourth-order valence-electron chi connectivity index (χ4n) is 2.89. The lowest BCUT2D eigenvalue weighted by atomic mass is 9.88. The maximum Gasteiger partial charge on any atom is 0.212 e. The minimum Gasteiger partial charge on any atom is -0.222 e. The van der Waals surface area contributed by atoms with Gasteiger partial charge in [0.15, 0.2) is 0 Å². The van der Waals surface area contributed by atoms with Crippen molar-refractivity contribution in [1.29, 1.82) is 0 Å². The van der Waals surface area contributed by atoms with Crippen LogP contribution in [0.15, 0.2) is 0 Å². The normalized spacial score (nSPS) is 19.7. The first-order valence-electron chi connectivity index (χ1n) is 7.06. The molecule has 0 amide bonds. The smallest absolute Gasteiger partial charge is 0.212 e. The fraction of sp³-hybridized carbons (Fsp3) is 0.714. The SMILES string of the molecule is CCC1CCCc2c1nc1sc(CC(C)C)nn21. The van der Waals surface area contributed by atoms with Crippen molar-refractivity contribution in [3.63, 3.8) is 0 Å². The highest BCUT2D eigenvalue weighted by molar-refractivity contribution is 7.16. The number of fused-ring (bicyclic) bond motifs is 3. The van der Waals surface area contributed by atoms with Gasteiger partial charge in [0.25, 0.3) is 0 Å². The summed E-state index contributed by atoms with van der Waals surface area (Å²) in [6, 6.07) is 0. The van der Waals surface area contributed by atoms with E-state index in [0.29, 0.717) is 11.8 Å². The average Bonchev–Trinajstić information content (AvgIpc) is 2.84. The zero-order valence-electron chi connectivity index (χ0n) is 11.4. The molecule has 2 aromatic heterocycles. The quantitative estimate of drug-likeness (QED) is 0.842. The molecule has 0 spiro atoms. The van der Waals surface area contributed by atoms with Crippen molar-refractivity contribution < 1.29 is 0 Å². The van der Waals surface area contributed by atoms with E-state index >= 15 is 0 Å². The Kier molecular flexibility index (Phi) is 3.14. The Hall–Kier alpha value is -0.900. The molecule has 98 valence electrons. The van der Waals surface area contributed by atoms with Gasteiger partial charge in [0.2, 0.25) is 4.96 Å². The Morgan fingerprint density at radius 3 is 3.00 bits per heavy atom. The van der Waals surface area contributed by atoms with Crippen molar-refractivity contribution in [3.8, 4) is 0 Å². The zero-order chi connectivity index (χ0) is 12.7. The van der Waals surface area contributed by atoms with Gasteiger partial charge < -0.3 is 0 Å². The van der Waals surface area contributed by atoms with Gasteiger partial charge in [-0.1, -0.05) is 32.1 Å². The molecule has 2 aromatic rings. The summed E-state index contributed by atoms with van der Waals surface area (Å²) in [7, 11) is 0. The molecule has 0 N–H and O–H groups in total. The molecule has 0 bridgehead atoms. The highest BCUT2D eigenvalue weighted by Gasteiger charge is 2.25. The number of hydrogen-bond acceptors (Lipinski definition) is 3. The highest BCUT2D eigenvalue weighted by atomic mass is 32.1. The second-order valence-corrected chi connectivity index (χ2v) is 6.77. The second-order valence-electron chi connectivity index (χ2n) is 5.73. The third kappa shape index (κ3) is 1.96. The highest BCUT2D eigenvalue weighted by Crippen LogP contribution is 2.34. The number of nitrogens with zero attached hydrogens (tertiary/aromatic N) is 3. The number of hydrogen-bond donors (Lipinski definition) is 0. The van der Waals surface area contributed by atoms with Crippen molar-refractivity contribution in [1.82, 2.24) is 14.6 Å². The molecule has 0 aliphatic heterocycles. The lowest BCUT2D eigenvalue weighted by Crippen LogP contribution is -2.10. The minimum atomic E-state index is 0.663. The Balaban J connectivity index is 2.02. The third-order valence-electron chi connectivity index (χ3n) is 3.80. The molecule has 1 atom stereocenters. The van der Waals surface area contributed by atoms with Gasteiger partial charge in [0.05, 0.1) is 11.4 Å². The van der Waals surface area contributed by atoms with Crippen molar-refractivity contribution in [2.24, 2.45) is 5.92 Å². The summed E-state index contributed by atoms with van der Waals surface area (Å²) >= 11 is 1.77. The van der Waals surface area contributed by atoms with Crippen molar-refractivity contribution in [2.75, 3.05) is 0 Å². The van der Waals surface area contributed by atoms with Crippen LogP contribution in [0.1, 0.15) is 62.3 Å². The molecule has 18 heavy (non-hydrogen) atoms. The maximum atomic E-state index is 4.85. The standard InChI is InChI=1S/C14H21N3S/c1-4-10-6-5-7-11-13(10)15-14-17(11)16-12(18-14)8-9(2)3/h9-10H,4-8H2,1-3H3. The largest absolute Gasteiger partial charge is 0.222 e. The number of aryl methyl sites for hydroxylation is 1. The molecule has 1 unspecified atom stereocenters. The van der Waals surface area contributed by atoms with Gasteiger partial charge in [-0.3, -0.25) is 0 Å². The lowest BCUT2D eigenvalue weighted by Gasteiger charge is -2.19. The Morgan fingerprint density at radius 2 is 2.28 bits per heavy atom. The van der Waals surface area contributed by atoms with E-state index in [-0.39, 0.29) is 0 Å². The van der Waals surface area contributed by atoms with E-state index in [1.54, 1.807) is 11.3 Å². The summed E-state index contributed by atoms with van der Waals surface area (Å²) < 4.78 is 2.12. The number of imidazole rings is 1. The summed E-state index contributed by atoms with van der Waals surface area (Å²) in [5.41, 5.74) is 2.72. The van der Waals surface area contributed by atoms with Crippen molar-refractivity contribution >= 4 is 16.3 Å². The van der Waals surface area contributed by atoms with Crippen LogP contribution in [0.5, 0.6) is 0 Å². The van der Waals surface area contributed by atoms with Gasteiger partial charge in [-0.25, -0.2) is 9.50 Å². The van der Waals surface area contributed by atoms with E-state index in [1.807, 2.05) is 0 Å². The van der Waals surface area contributed by atoms with E-state index in [2.05, 4.69) is 25.3 Å². The fourth-order valence-corrected chi connectivity index (χ4v) is 4.02. The van der Waals surface area contributed by atoms with Crippen LogP contribution in [0.4, 0.5) is 0 Å². The first kappa shape index (κ1) is 12.2. The van der Waals surface area contributed by atoms with E-state index < -0.39 is 0 Å². The molecule has 0 saturated heterocycles. The average molecular weight is 263 g/mol. The van der Waals surface area contributed by atoms with Crippen LogP contribution in [-0.4, -0.2) is 14.6 Å². The van der Waals surface area contributed by atoms with Crippen LogP contribution >= 0.6 is 11.3 Å². The summed E-state index contributed by atoms with van der Waals surface area (Å²) in [5.74, 6) is 1.33. The van der Waals surface area contributed by atoms with Gasteiger partial charge >= 0.3 is 0 Å². The number of aromatic nitrogens is 3. The van der Waals surface area contributed by atoms with E-state index in [9.17, 15) is 0 Å². The molecule has 0 aromatic carbocycles. The van der Waals surface area contributed by atoms with Crippen LogP contribution in [0.3, 0.4) is 0 Å². The molecule has 2 heterocycles. The lowest BCUT2D eigenvalue weighted by molar-refractivity contribution is 0.519. The van der Waals surface area contributed by atoms with Gasteiger partial charge in [-0.15, -0.1) is 0 Å². The third-order valence-corrected chi connectivity index (χ3v) is 4.73. The van der Waals surface area contributed by atoms with Crippen LogP contribution in [0.2, 0.25) is 0 Å². The van der Waals surface area contributed by atoms with Gasteiger partial charge in [0.1, 0.15) is 5.01 Å². The summed E-state index contributed by atoms with van der Waals surface area (Å²) in [4.78, 5) is 5.96. The summed E-state index contributed by atoms with van der Waals surface area (Å²) in [6.45, 7) is 6.75. The Bertz CT molecular complexity index is 553. The second kappa shape index (κ2) is 4.65. The molecule has 1 aliphatic rings. The first-order chi connectivity index (χ1) is 8.69. The van der Waals surface area contributed by atoms with Gasteiger partial charge in [-0.2, -0.15) is 5.10 Å². The topological polar surface area (TPSA) is 30.2 Å². The summed E-state index contributed by atoms with van der Waals surface area (Å²) in [6.07, 6.45) is 6.01. The van der Waals surface area contributed by atoms with Crippen molar-refractivity contribution in [2.45, 2.75) is 58.8 Å². The molecule has 0 saturated carbocycles. The van der Waals surface area contributed by atoms with Gasteiger partial charge in [0, 0.05) is 12.3 Å². The Labute approximate surface area is 112 Å². The maximum absolute atomic E-state index is 4.85. The van der Waals surface area contributed by atoms with Crippen LogP contribution in [0, 0.1) is 5.92 Å². The van der Waals surface area contributed by atoms with E-state index in [1.165, 1.54) is 35.7 Å². The first-order valence-corrected chi connectivity index (χ1v) is 7.88. The molecule has 3 nitrogen and oxygen atoms in total. The predicted molar refractivity (Wildman–Crippen MR) is 75.4 cm³/mol. The molecular weight excluding hydrogens is 242 g/mol. The molecule has 1 aliphatic carbocycles. The molecule has 3 rings (SSSR count). The molecule has 0 fully saturated rings. The van der Waals surface area contributed by atoms with E-state index in [0.717, 1.165) is 17.8 Å². The minimum absolute atomic E-state index is 0.663. The van der Waals surface area contributed by atoms with E-state index in [4.69, 9.17) is 10.1 Å². The van der Waals surface area contributed by atoms with Crippen LogP contribution < -0.4 is 0 Å². The molecular formula is C14H21N3S. The molecule has 4 heteroatoms. The monoisotopic (exact) mass is 263 g/mol. The van der Waals surface area contributed by atoms with Gasteiger partial charge in [-0.05, 0) is 31.6 Å². The predicted octanol–water partition coefficient (Wildman–Crippen LogP) is 3.82. The molecule has 0 radical (unpaired) electrons. The zero-order valence-corrected chi connectivity index (χ0v) is 12.3. The summed E-state index contributed by atoms with van der Waals surface area (Å²) in [5, 5.41) is 6.00.